The normalized spacial score (nSPS) is 11.6. The molecule has 124 valence electrons. The van der Waals surface area contributed by atoms with E-state index < -0.39 is 0 Å². The van der Waals surface area contributed by atoms with E-state index in [4.69, 9.17) is 0 Å². The number of guanidine groups is 1. The van der Waals surface area contributed by atoms with Crippen molar-refractivity contribution in [3.05, 3.63) is 47.8 Å². The molecule has 0 bridgehead atoms. The second-order valence-electron chi connectivity index (χ2n) is 5.19. The summed E-state index contributed by atoms with van der Waals surface area (Å²) in [5.41, 5.74) is 0.898. The molecule has 0 aliphatic rings. The van der Waals surface area contributed by atoms with Gasteiger partial charge in [0, 0.05) is 26.7 Å². The molecule has 1 N–H and O–H groups in total. The summed E-state index contributed by atoms with van der Waals surface area (Å²) >= 11 is 0. The summed E-state index contributed by atoms with van der Waals surface area (Å²) in [6.07, 6.45) is 1.70. The van der Waals surface area contributed by atoms with E-state index in [9.17, 15) is 4.39 Å². The number of nitrogens with one attached hydrogen (secondary N) is 1. The summed E-state index contributed by atoms with van der Waals surface area (Å²) < 4.78 is 15.3. The Balaban J connectivity index is 2.08. The average Bonchev–Trinajstić information content (AvgIpc) is 2.98. The third-order valence-corrected chi connectivity index (χ3v) is 3.41. The first kappa shape index (κ1) is 16.9. The van der Waals surface area contributed by atoms with Crippen molar-refractivity contribution >= 4 is 5.96 Å². The van der Waals surface area contributed by atoms with Gasteiger partial charge in [-0.05, 0) is 31.5 Å². The lowest BCUT2D eigenvalue weighted by molar-refractivity contribution is 0.474. The van der Waals surface area contributed by atoms with Crippen molar-refractivity contribution in [2.24, 2.45) is 4.99 Å². The molecule has 0 aliphatic carbocycles. The molecular formula is C16H23FN6. The lowest BCUT2D eigenvalue weighted by Gasteiger charge is -2.22. The molecule has 0 spiro atoms. The third kappa shape index (κ3) is 4.77. The number of aryl methyl sites for hydroxylation is 1. The van der Waals surface area contributed by atoms with Gasteiger partial charge in [0.05, 0.1) is 0 Å². The van der Waals surface area contributed by atoms with Crippen molar-refractivity contribution in [1.29, 1.82) is 0 Å². The maximum absolute atomic E-state index is 13.3. The minimum Gasteiger partial charge on any atom is -0.357 e. The van der Waals surface area contributed by atoms with E-state index in [1.807, 2.05) is 36.4 Å². The molecule has 0 atom stereocenters. The predicted molar refractivity (Wildman–Crippen MR) is 88.4 cm³/mol. The van der Waals surface area contributed by atoms with Crippen molar-refractivity contribution in [3.63, 3.8) is 0 Å². The summed E-state index contributed by atoms with van der Waals surface area (Å²) in [6.45, 7) is 6.64. The van der Waals surface area contributed by atoms with E-state index in [2.05, 4.69) is 20.5 Å². The van der Waals surface area contributed by atoms with Gasteiger partial charge in [-0.3, -0.25) is 0 Å². The van der Waals surface area contributed by atoms with Crippen LogP contribution in [0.15, 0.2) is 35.6 Å². The molecular weight excluding hydrogens is 295 g/mol. The van der Waals surface area contributed by atoms with E-state index in [0.717, 1.165) is 30.4 Å². The molecule has 7 heteroatoms. The number of hydrogen-bond acceptors (Lipinski definition) is 3. The Bertz CT molecular complexity index is 652. The highest BCUT2D eigenvalue weighted by Crippen LogP contribution is 2.07. The molecule has 0 aliphatic heterocycles. The van der Waals surface area contributed by atoms with E-state index in [1.54, 1.807) is 12.4 Å². The summed E-state index contributed by atoms with van der Waals surface area (Å²) in [5, 5.41) is 11.2. The Morgan fingerprint density at radius 1 is 1.39 bits per heavy atom. The van der Waals surface area contributed by atoms with Gasteiger partial charge in [0.15, 0.2) is 11.8 Å². The molecule has 0 fully saturated rings. The van der Waals surface area contributed by atoms with Gasteiger partial charge in [0.1, 0.15) is 18.7 Å². The largest absolute Gasteiger partial charge is 0.357 e. The van der Waals surface area contributed by atoms with Crippen LogP contribution in [-0.4, -0.2) is 39.2 Å². The highest BCUT2D eigenvalue weighted by molar-refractivity contribution is 5.79. The monoisotopic (exact) mass is 318 g/mol. The quantitative estimate of drug-likeness (QED) is 0.654. The number of aliphatic imine (C=N–C) groups is 1. The number of halogens is 1. The van der Waals surface area contributed by atoms with Crippen LogP contribution in [0.25, 0.3) is 0 Å². The van der Waals surface area contributed by atoms with E-state index in [1.165, 1.54) is 12.1 Å². The second-order valence-corrected chi connectivity index (χ2v) is 5.19. The van der Waals surface area contributed by atoms with Gasteiger partial charge in [-0.15, -0.1) is 10.2 Å². The van der Waals surface area contributed by atoms with Gasteiger partial charge < -0.3 is 14.8 Å². The van der Waals surface area contributed by atoms with Gasteiger partial charge in [-0.2, -0.15) is 0 Å². The molecule has 0 unspecified atom stereocenters. The Labute approximate surface area is 136 Å². The topological polar surface area (TPSA) is 58.3 Å². The minimum absolute atomic E-state index is 0.228. The lowest BCUT2D eigenvalue weighted by Crippen LogP contribution is -2.38. The molecule has 23 heavy (non-hydrogen) atoms. The third-order valence-electron chi connectivity index (χ3n) is 3.41. The van der Waals surface area contributed by atoms with Gasteiger partial charge in [0.2, 0.25) is 0 Å². The van der Waals surface area contributed by atoms with Crippen LogP contribution in [0.4, 0.5) is 4.39 Å². The highest BCUT2D eigenvalue weighted by atomic mass is 19.1. The number of aromatic nitrogens is 3. The maximum atomic E-state index is 13.3. The lowest BCUT2D eigenvalue weighted by atomic mass is 10.2. The molecule has 1 heterocycles. The Hall–Kier alpha value is -2.44. The molecule has 1 aromatic carbocycles. The zero-order valence-corrected chi connectivity index (χ0v) is 13.8. The molecule has 6 nitrogen and oxygen atoms in total. The van der Waals surface area contributed by atoms with Gasteiger partial charge in [0.25, 0.3) is 0 Å². The maximum Gasteiger partial charge on any atom is 0.194 e. The van der Waals surface area contributed by atoms with Gasteiger partial charge >= 0.3 is 0 Å². The molecule has 0 amide bonds. The van der Waals surface area contributed by atoms with Crippen molar-refractivity contribution in [3.8, 4) is 0 Å². The van der Waals surface area contributed by atoms with Crippen LogP contribution in [0, 0.1) is 5.82 Å². The van der Waals surface area contributed by atoms with Crippen molar-refractivity contribution in [1.82, 2.24) is 25.0 Å². The Morgan fingerprint density at radius 3 is 2.91 bits per heavy atom. The molecule has 0 radical (unpaired) electrons. The van der Waals surface area contributed by atoms with Crippen LogP contribution >= 0.6 is 0 Å². The molecule has 2 aromatic rings. The molecule has 2 rings (SSSR count). The first-order valence-corrected chi connectivity index (χ1v) is 7.74. The van der Waals surface area contributed by atoms with E-state index in [0.29, 0.717) is 13.1 Å². The van der Waals surface area contributed by atoms with Crippen LogP contribution in [0.2, 0.25) is 0 Å². The summed E-state index contributed by atoms with van der Waals surface area (Å²) in [5.74, 6) is 1.35. The fraction of sp³-hybridized carbons (Fsp3) is 0.438. The van der Waals surface area contributed by atoms with E-state index in [-0.39, 0.29) is 5.82 Å². The summed E-state index contributed by atoms with van der Waals surface area (Å²) in [4.78, 5) is 6.56. The Morgan fingerprint density at radius 2 is 2.22 bits per heavy atom. The summed E-state index contributed by atoms with van der Waals surface area (Å²) in [6, 6.07) is 6.59. The zero-order chi connectivity index (χ0) is 16.7. The number of nitrogens with zero attached hydrogens (tertiary/aromatic N) is 5. The Kier molecular flexibility index (Phi) is 6.08. The SMILES string of the molecule is CCNC(=NCc1nncn1CC)N(C)Cc1cccc(F)c1. The van der Waals surface area contributed by atoms with Crippen LogP contribution in [0.1, 0.15) is 25.2 Å². The summed E-state index contributed by atoms with van der Waals surface area (Å²) in [7, 11) is 1.93. The average molecular weight is 318 g/mol. The molecule has 0 saturated carbocycles. The predicted octanol–water partition coefficient (Wildman–Crippen LogP) is 2.03. The van der Waals surface area contributed by atoms with Gasteiger partial charge in [-0.1, -0.05) is 12.1 Å². The smallest absolute Gasteiger partial charge is 0.194 e. The number of benzene rings is 1. The number of rotatable bonds is 6. The van der Waals surface area contributed by atoms with Crippen LogP contribution in [0.3, 0.4) is 0 Å². The first-order valence-electron chi connectivity index (χ1n) is 7.74. The van der Waals surface area contributed by atoms with Crippen molar-refractivity contribution in [2.45, 2.75) is 33.5 Å². The second kappa shape index (κ2) is 8.26. The van der Waals surface area contributed by atoms with Crippen LogP contribution in [0.5, 0.6) is 0 Å². The van der Waals surface area contributed by atoms with Crippen molar-refractivity contribution < 1.29 is 4.39 Å². The fourth-order valence-corrected chi connectivity index (χ4v) is 2.26. The standard InChI is InChI=1S/C16H23FN6/c1-4-18-16(19-10-15-21-20-12-23(15)5-2)22(3)11-13-7-6-8-14(17)9-13/h6-9,12H,4-5,10-11H2,1-3H3,(H,18,19). The fourth-order valence-electron chi connectivity index (χ4n) is 2.26. The van der Waals surface area contributed by atoms with Gasteiger partial charge in [-0.25, -0.2) is 9.38 Å². The van der Waals surface area contributed by atoms with Crippen molar-refractivity contribution in [2.75, 3.05) is 13.6 Å². The first-order chi connectivity index (χ1) is 11.1. The molecule has 0 saturated heterocycles. The van der Waals surface area contributed by atoms with Crippen LogP contribution < -0.4 is 5.32 Å². The zero-order valence-electron chi connectivity index (χ0n) is 13.8. The minimum atomic E-state index is -0.228. The highest BCUT2D eigenvalue weighted by Gasteiger charge is 2.08. The van der Waals surface area contributed by atoms with Crippen LogP contribution in [-0.2, 0) is 19.6 Å². The molecule has 1 aromatic heterocycles. The van der Waals surface area contributed by atoms with E-state index >= 15 is 0 Å². The number of hydrogen-bond donors (Lipinski definition) is 1.